The van der Waals surface area contributed by atoms with Crippen LogP contribution in [0.2, 0.25) is 0 Å². The predicted octanol–water partition coefficient (Wildman–Crippen LogP) is 3.98. The van der Waals surface area contributed by atoms with E-state index in [1.807, 2.05) is 31.2 Å². The highest BCUT2D eigenvalue weighted by Gasteiger charge is 2.71. The van der Waals surface area contributed by atoms with Gasteiger partial charge in [0.15, 0.2) is 0 Å². The fraction of sp³-hybridized carbons (Fsp3) is 0.556. The number of anilines is 1. The largest absolute Gasteiger partial charge is 0.411 e. The van der Waals surface area contributed by atoms with Gasteiger partial charge in [0.2, 0.25) is 5.91 Å². The highest BCUT2D eigenvalue weighted by molar-refractivity contribution is 6.06. The molecule has 1 aromatic rings. The molecule has 1 amide bonds. The Bertz CT molecular complexity index is 665. The Kier molecular flexibility index (Phi) is 3.13. The average Bonchev–Trinajstić information content (AvgIpc) is 2.77. The van der Waals surface area contributed by atoms with Crippen LogP contribution in [0, 0.1) is 23.2 Å². The van der Waals surface area contributed by atoms with Crippen molar-refractivity contribution in [3.63, 3.8) is 0 Å². The van der Waals surface area contributed by atoms with Crippen LogP contribution >= 0.6 is 0 Å². The van der Waals surface area contributed by atoms with Crippen molar-refractivity contribution in [3.8, 4) is 0 Å². The van der Waals surface area contributed by atoms with E-state index in [4.69, 9.17) is 0 Å². The van der Waals surface area contributed by atoms with E-state index in [9.17, 15) is 10.0 Å². The van der Waals surface area contributed by atoms with Crippen molar-refractivity contribution in [1.82, 2.24) is 0 Å². The molecule has 0 aromatic heterocycles. The van der Waals surface area contributed by atoms with E-state index in [0.29, 0.717) is 6.42 Å². The minimum absolute atomic E-state index is 0.0467. The van der Waals surface area contributed by atoms with Gasteiger partial charge in [-0.05, 0) is 42.9 Å². The van der Waals surface area contributed by atoms with Gasteiger partial charge in [0.25, 0.3) is 0 Å². The monoisotopic (exact) mass is 300 g/mol. The van der Waals surface area contributed by atoms with Crippen molar-refractivity contribution < 1.29 is 10.0 Å². The molecular formula is C18H24N2O2. The molecule has 0 heterocycles. The summed E-state index contributed by atoms with van der Waals surface area (Å²) in [5.74, 6) is 0.0467. The van der Waals surface area contributed by atoms with E-state index in [2.05, 4.69) is 31.2 Å². The summed E-state index contributed by atoms with van der Waals surface area (Å²) in [4.78, 5) is 13.1. The number of oxime groups is 1. The second-order valence-corrected chi connectivity index (χ2v) is 7.59. The Morgan fingerprint density at radius 2 is 2.00 bits per heavy atom. The predicted molar refractivity (Wildman–Crippen MR) is 87.2 cm³/mol. The van der Waals surface area contributed by atoms with Crippen LogP contribution < -0.4 is 5.32 Å². The normalized spacial score (nSPS) is 34.1. The SMILES string of the molecule is Cc1cccc(NC(=O)[C@@]23CC[C@](C)(/C(=N\O)C2)C3(C)C)c1. The topological polar surface area (TPSA) is 61.7 Å². The van der Waals surface area contributed by atoms with Crippen LogP contribution in [0.5, 0.6) is 0 Å². The third-order valence-corrected chi connectivity index (χ3v) is 6.57. The lowest BCUT2D eigenvalue weighted by molar-refractivity contribution is -0.130. The molecule has 3 rings (SSSR count). The number of nitrogens with zero attached hydrogens (tertiary/aromatic N) is 1. The molecule has 4 heteroatoms. The minimum atomic E-state index is -0.493. The Labute approximate surface area is 131 Å². The fourth-order valence-electron chi connectivity index (χ4n) is 4.51. The minimum Gasteiger partial charge on any atom is -0.411 e. The number of fused-ring (bicyclic) bond motifs is 2. The van der Waals surface area contributed by atoms with Gasteiger partial charge in [0.05, 0.1) is 11.1 Å². The maximum Gasteiger partial charge on any atom is 0.231 e. The van der Waals surface area contributed by atoms with E-state index in [1.165, 1.54) is 0 Å². The van der Waals surface area contributed by atoms with Crippen LogP contribution in [0.3, 0.4) is 0 Å². The number of amides is 1. The molecule has 2 fully saturated rings. The first-order chi connectivity index (χ1) is 10.3. The summed E-state index contributed by atoms with van der Waals surface area (Å²) in [7, 11) is 0. The van der Waals surface area contributed by atoms with E-state index in [-0.39, 0.29) is 16.7 Å². The Balaban J connectivity index is 1.95. The smallest absolute Gasteiger partial charge is 0.231 e. The molecule has 2 aliphatic carbocycles. The number of hydrogen-bond donors (Lipinski definition) is 2. The zero-order valence-electron chi connectivity index (χ0n) is 13.7. The third kappa shape index (κ3) is 1.70. The van der Waals surface area contributed by atoms with Gasteiger partial charge >= 0.3 is 0 Å². The standard InChI is InChI=1S/C18H24N2O2/c1-12-6-5-7-13(10-12)19-15(21)18-9-8-17(4,16(18,2)3)14(11-18)20-22/h5-7,10,22H,8-9,11H2,1-4H3,(H,19,21)/b20-14-/t17-,18-/m1/s1. The molecule has 4 nitrogen and oxygen atoms in total. The van der Waals surface area contributed by atoms with E-state index >= 15 is 0 Å². The van der Waals surface area contributed by atoms with Gasteiger partial charge in [-0.25, -0.2) is 0 Å². The molecule has 2 saturated carbocycles. The van der Waals surface area contributed by atoms with Gasteiger partial charge in [-0.3, -0.25) is 4.79 Å². The Hall–Kier alpha value is -1.84. The molecule has 0 unspecified atom stereocenters. The summed E-state index contributed by atoms with van der Waals surface area (Å²) in [5, 5.41) is 16.0. The van der Waals surface area contributed by atoms with Gasteiger partial charge < -0.3 is 10.5 Å². The van der Waals surface area contributed by atoms with Crippen molar-refractivity contribution in [2.75, 3.05) is 5.32 Å². The molecule has 2 atom stereocenters. The summed E-state index contributed by atoms with van der Waals surface area (Å²) in [6.45, 7) is 8.40. The summed E-state index contributed by atoms with van der Waals surface area (Å²) in [5.41, 5.74) is 1.80. The van der Waals surface area contributed by atoms with Crippen molar-refractivity contribution in [2.45, 2.75) is 47.0 Å². The van der Waals surface area contributed by atoms with Crippen LogP contribution in [0.25, 0.3) is 0 Å². The van der Waals surface area contributed by atoms with Gasteiger partial charge in [0.1, 0.15) is 0 Å². The van der Waals surface area contributed by atoms with Crippen LogP contribution in [0.1, 0.15) is 45.6 Å². The Morgan fingerprint density at radius 1 is 1.27 bits per heavy atom. The summed E-state index contributed by atoms with van der Waals surface area (Å²) in [6, 6.07) is 7.85. The third-order valence-electron chi connectivity index (χ3n) is 6.57. The quantitative estimate of drug-likeness (QED) is 0.641. The molecule has 2 bridgehead atoms. The zero-order valence-corrected chi connectivity index (χ0v) is 13.7. The first-order valence-corrected chi connectivity index (χ1v) is 7.86. The van der Waals surface area contributed by atoms with Gasteiger partial charge in [-0.15, -0.1) is 0 Å². The zero-order chi connectivity index (χ0) is 16.2. The summed E-state index contributed by atoms with van der Waals surface area (Å²) >= 11 is 0. The Morgan fingerprint density at radius 3 is 2.59 bits per heavy atom. The lowest BCUT2D eigenvalue weighted by atomic mass is 9.64. The average molecular weight is 300 g/mol. The second kappa shape index (κ2) is 4.58. The van der Waals surface area contributed by atoms with Crippen molar-refractivity contribution in [1.29, 1.82) is 0 Å². The van der Waals surface area contributed by atoms with Gasteiger partial charge in [0, 0.05) is 17.5 Å². The molecule has 0 aliphatic heterocycles. The highest BCUT2D eigenvalue weighted by atomic mass is 16.4. The maximum absolute atomic E-state index is 13.1. The van der Waals surface area contributed by atoms with Crippen molar-refractivity contribution in [3.05, 3.63) is 29.8 Å². The van der Waals surface area contributed by atoms with E-state index in [1.54, 1.807) is 0 Å². The summed E-state index contributed by atoms with van der Waals surface area (Å²) in [6.07, 6.45) is 2.28. The molecule has 2 aliphatic rings. The molecule has 0 saturated heterocycles. The molecule has 2 N–H and O–H groups in total. The van der Waals surface area contributed by atoms with Crippen LogP contribution in [0.4, 0.5) is 5.69 Å². The lowest BCUT2D eigenvalue weighted by Crippen LogP contribution is -2.43. The van der Waals surface area contributed by atoms with Crippen LogP contribution in [-0.2, 0) is 4.79 Å². The first-order valence-electron chi connectivity index (χ1n) is 7.86. The first kappa shape index (κ1) is 15.1. The molecule has 118 valence electrons. The number of carbonyl (C=O) groups excluding carboxylic acids is 1. The maximum atomic E-state index is 13.1. The number of rotatable bonds is 2. The number of nitrogens with one attached hydrogen (secondary N) is 1. The van der Waals surface area contributed by atoms with Crippen LogP contribution in [0.15, 0.2) is 29.4 Å². The summed E-state index contributed by atoms with van der Waals surface area (Å²) < 4.78 is 0. The van der Waals surface area contributed by atoms with Gasteiger partial charge in [-0.2, -0.15) is 0 Å². The number of hydrogen-bond acceptors (Lipinski definition) is 3. The second-order valence-electron chi connectivity index (χ2n) is 7.59. The molecule has 0 spiro atoms. The molecular weight excluding hydrogens is 276 g/mol. The van der Waals surface area contributed by atoms with E-state index in [0.717, 1.165) is 29.8 Å². The lowest BCUT2D eigenvalue weighted by Gasteiger charge is -2.39. The van der Waals surface area contributed by atoms with Gasteiger partial charge in [-0.1, -0.05) is 38.1 Å². The van der Waals surface area contributed by atoms with Crippen molar-refractivity contribution >= 4 is 17.3 Å². The van der Waals surface area contributed by atoms with Crippen LogP contribution in [-0.4, -0.2) is 16.8 Å². The molecule has 0 radical (unpaired) electrons. The van der Waals surface area contributed by atoms with Crippen molar-refractivity contribution in [2.24, 2.45) is 21.4 Å². The molecule has 22 heavy (non-hydrogen) atoms. The number of aryl methyl sites for hydroxylation is 1. The molecule has 1 aromatic carbocycles. The number of carbonyl (C=O) groups is 1. The number of benzene rings is 1. The highest BCUT2D eigenvalue weighted by Crippen LogP contribution is 2.71. The van der Waals surface area contributed by atoms with E-state index < -0.39 is 5.41 Å². The fourth-order valence-corrected chi connectivity index (χ4v) is 4.51.